The first-order valence-corrected chi connectivity index (χ1v) is 4.84. The van der Waals surface area contributed by atoms with Crippen molar-refractivity contribution in [1.82, 2.24) is 10.6 Å². The highest BCUT2D eigenvalue weighted by Gasteiger charge is 2.56. The van der Waals surface area contributed by atoms with Gasteiger partial charge in [-0.3, -0.25) is 0 Å². The number of nitrogens with zero attached hydrogens (tertiary/aromatic N) is 2. The number of rotatable bonds is 1. The lowest BCUT2D eigenvalue weighted by molar-refractivity contribution is -0.485. The molecular weight excluding hydrogens is 220 g/mol. The maximum Gasteiger partial charge on any atom is 0.271 e. The van der Waals surface area contributed by atoms with Gasteiger partial charge in [-0.05, 0) is 0 Å². The van der Waals surface area contributed by atoms with Gasteiger partial charge < -0.3 is 25.2 Å². The first kappa shape index (κ1) is 9.75. The molecule has 3 heterocycles. The van der Waals surface area contributed by atoms with Crippen LogP contribution in [0.5, 0.6) is 0 Å². The number of aliphatic hydroxyl groups is 1. The molecule has 9 nitrogen and oxygen atoms in total. The average molecular weight is 230 g/mol. The molecule has 3 saturated heterocycles. The summed E-state index contributed by atoms with van der Waals surface area (Å²) >= 11 is 0. The van der Waals surface area contributed by atoms with E-state index < -0.39 is 17.0 Å². The first-order valence-electron chi connectivity index (χ1n) is 4.84. The van der Waals surface area contributed by atoms with Crippen molar-refractivity contribution in [1.29, 1.82) is 0 Å². The zero-order valence-electron chi connectivity index (χ0n) is 8.12. The Kier molecular flexibility index (Phi) is 1.85. The third kappa shape index (κ3) is 1.32. The summed E-state index contributed by atoms with van der Waals surface area (Å²) < 4.78 is 10.6. The second-order valence-electron chi connectivity index (χ2n) is 4.03. The summed E-state index contributed by atoms with van der Waals surface area (Å²) in [4.78, 5) is 10.3. The fourth-order valence-electron chi connectivity index (χ4n) is 2.25. The van der Waals surface area contributed by atoms with Crippen molar-refractivity contribution in [3.8, 4) is 0 Å². The lowest BCUT2D eigenvalue weighted by Crippen LogP contribution is -2.72. The molecule has 0 aliphatic carbocycles. The molecule has 4 atom stereocenters. The SMILES string of the molecule is O=[N+]([O-])/N=C1\N[C@H]2C[C@@](O)(N1)[C@@H]1OC[C@H]2O1. The molecule has 0 saturated carbocycles. The maximum absolute atomic E-state index is 10.3. The largest absolute Gasteiger partial charge is 0.366 e. The van der Waals surface area contributed by atoms with Crippen molar-refractivity contribution in [2.24, 2.45) is 5.10 Å². The summed E-state index contributed by atoms with van der Waals surface area (Å²) in [6.07, 6.45) is -0.642. The molecule has 0 aromatic rings. The number of nitro groups is 1. The lowest BCUT2D eigenvalue weighted by Gasteiger charge is -2.45. The van der Waals surface area contributed by atoms with Crippen molar-refractivity contribution >= 4 is 5.96 Å². The highest BCUT2D eigenvalue weighted by molar-refractivity contribution is 5.81. The molecule has 16 heavy (non-hydrogen) atoms. The zero-order valence-corrected chi connectivity index (χ0v) is 8.12. The predicted octanol–water partition coefficient (Wildman–Crippen LogP) is -2.07. The number of hydrogen-bond donors (Lipinski definition) is 3. The van der Waals surface area contributed by atoms with E-state index in [0.29, 0.717) is 13.0 Å². The minimum atomic E-state index is -1.45. The van der Waals surface area contributed by atoms with Crippen LogP contribution in [0.25, 0.3) is 0 Å². The minimum absolute atomic E-state index is 0.0625. The monoisotopic (exact) mass is 230 g/mol. The Morgan fingerprint density at radius 2 is 2.50 bits per heavy atom. The zero-order chi connectivity index (χ0) is 11.3. The number of nitrogens with one attached hydrogen (secondary N) is 2. The molecule has 0 aromatic heterocycles. The van der Waals surface area contributed by atoms with Crippen LogP contribution in [0, 0.1) is 10.1 Å². The summed E-state index contributed by atoms with van der Waals surface area (Å²) in [6.45, 7) is 0.359. The van der Waals surface area contributed by atoms with Crippen molar-refractivity contribution in [2.75, 3.05) is 6.61 Å². The van der Waals surface area contributed by atoms with E-state index >= 15 is 0 Å². The van der Waals surface area contributed by atoms with Gasteiger partial charge in [0.1, 0.15) is 11.2 Å². The fraction of sp³-hybridized carbons (Fsp3) is 0.857. The summed E-state index contributed by atoms with van der Waals surface area (Å²) in [6, 6.07) is -0.233. The molecule has 0 radical (unpaired) electrons. The molecule has 88 valence electrons. The van der Waals surface area contributed by atoms with Crippen LogP contribution in [0.3, 0.4) is 0 Å². The van der Waals surface area contributed by atoms with E-state index in [1.54, 1.807) is 0 Å². The Hall–Kier alpha value is -1.45. The average Bonchev–Trinajstić information content (AvgIpc) is 2.60. The standard InChI is InChI=1S/C7H10N4O5/c12-7-1-3(4-2-15-5(7)16-4)8-6(9-7)10-11(13)14/h3-5,12H,1-2H2,(H2,8,9,10)/t3-,4+,5+,7-/m0/s1. The van der Waals surface area contributed by atoms with Gasteiger partial charge in [0, 0.05) is 6.42 Å². The molecule has 0 unspecified atom stereocenters. The van der Waals surface area contributed by atoms with E-state index in [0.717, 1.165) is 0 Å². The molecule has 3 rings (SSSR count). The van der Waals surface area contributed by atoms with Crippen molar-refractivity contribution in [3.05, 3.63) is 10.1 Å². The predicted molar refractivity (Wildman–Crippen MR) is 48.7 cm³/mol. The van der Waals surface area contributed by atoms with Crippen LogP contribution in [0.2, 0.25) is 0 Å². The summed E-state index contributed by atoms with van der Waals surface area (Å²) in [7, 11) is 0. The molecule has 3 N–H and O–H groups in total. The van der Waals surface area contributed by atoms with Gasteiger partial charge in [0.25, 0.3) is 5.96 Å². The third-order valence-corrected chi connectivity index (χ3v) is 2.92. The normalized spacial score (nSPS) is 47.3. The van der Waals surface area contributed by atoms with Gasteiger partial charge in [-0.25, -0.2) is 10.1 Å². The smallest absolute Gasteiger partial charge is 0.271 e. The number of hydrogen-bond acceptors (Lipinski definition) is 5. The third-order valence-electron chi connectivity index (χ3n) is 2.92. The lowest BCUT2D eigenvalue weighted by atomic mass is 9.94. The molecule has 9 heteroatoms. The number of guanidine groups is 1. The first-order chi connectivity index (χ1) is 7.57. The quantitative estimate of drug-likeness (QED) is 0.349. The van der Waals surface area contributed by atoms with Gasteiger partial charge in [0.15, 0.2) is 10.8 Å². The number of fused-ring (bicyclic) bond motifs is 6. The maximum atomic E-state index is 10.3. The molecule has 4 bridgehead atoms. The van der Waals surface area contributed by atoms with Crippen LogP contribution < -0.4 is 10.6 Å². The topological polar surface area (TPSA) is 118 Å². The molecule has 0 aromatic carbocycles. The van der Waals surface area contributed by atoms with Crippen molar-refractivity contribution < 1.29 is 19.6 Å². The van der Waals surface area contributed by atoms with Crippen LogP contribution in [0.1, 0.15) is 6.42 Å². The van der Waals surface area contributed by atoms with Gasteiger partial charge in [-0.1, -0.05) is 0 Å². The Morgan fingerprint density at radius 3 is 3.25 bits per heavy atom. The number of hydrazone groups is 1. The Labute approximate surface area is 89.6 Å². The van der Waals surface area contributed by atoms with Crippen LogP contribution in [0.15, 0.2) is 5.10 Å². The summed E-state index contributed by atoms with van der Waals surface area (Å²) in [5, 5.41) is 28.0. The van der Waals surface area contributed by atoms with Gasteiger partial charge in [0.2, 0.25) is 6.29 Å². The van der Waals surface area contributed by atoms with E-state index in [9.17, 15) is 15.2 Å². The number of ether oxygens (including phenoxy) is 2. The molecule has 0 amide bonds. The van der Waals surface area contributed by atoms with E-state index in [2.05, 4.69) is 15.7 Å². The van der Waals surface area contributed by atoms with E-state index in [1.807, 2.05) is 0 Å². The second-order valence-corrected chi connectivity index (χ2v) is 4.03. The fourth-order valence-corrected chi connectivity index (χ4v) is 2.25. The van der Waals surface area contributed by atoms with Crippen LogP contribution in [0.4, 0.5) is 0 Å². The summed E-state index contributed by atoms with van der Waals surface area (Å²) in [5.74, 6) is -0.0625. The van der Waals surface area contributed by atoms with Gasteiger partial charge in [0.05, 0.1) is 12.6 Å². The Bertz CT molecular complexity index is 374. The van der Waals surface area contributed by atoms with Gasteiger partial charge >= 0.3 is 0 Å². The van der Waals surface area contributed by atoms with Crippen molar-refractivity contribution in [2.45, 2.75) is 30.6 Å². The summed E-state index contributed by atoms with van der Waals surface area (Å²) in [5.41, 5.74) is -1.45. The van der Waals surface area contributed by atoms with E-state index in [4.69, 9.17) is 9.47 Å². The molecular formula is C7H10N4O5. The van der Waals surface area contributed by atoms with Crippen molar-refractivity contribution in [3.63, 3.8) is 0 Å². The Balaban J connectivity index is 1.90. The highest BCUT2D eigenvalue weighted by atomic mass is 16.7. The second kappa shape index (κ2) is 3.03. The Morgan fingerprint density at radius 1 is 1.69 bits per heavy atom. The van der Waals surface area contributed by atoms with E-state index in [1.165, 1.54) is 0 Å². The highest BCUT2D eigenvalue weighted by Crippen LogP contribution is 2.35. The van der Waals surface area contributed by atoms with Crippen LogP contribution >= 0.6 is 0 Å². The van der Waals surface area contributed by atoms with Crippen LogP contribution in [-0.4, -0.2) is 46.9 Å². The van der Waals surface area contributed by atoms with Gasteiger partial charge in [-0.2, -0.15) is 0 Å². The molecule has 3 aliphatic heterocycles. The van der Waals surface area contributed by atoms with E-state index in [-0.39, 0.29) is 18.1 Å². The molecule has 0 spiro atoms. The molecule has 3 fully saturated rings. The molecule has 3 aliphatic rings. The van der Waals surface area contributed by atoms with Crippen LogP contribution in [-0.2, 0) is 9.47 Å². The van der Waals surface area contributed by atoms with Gasteiger partial charge in [-0.15, -0.1) is 0 Å². The minimum Gasteiger partial charge on any atom is -0.366 e.